The number of azide groups is 1. The molecule has 72 valence electrons. The monoisotopic (exact) mass is 180 g/mol. The van der Waals surface area contributed by atoms with Gasteiger partial charge in [0, 0.05) is 24.5 Å². The summed E-state index contributed by atoms with van der Waals surface area (Å²) >= 11 is 0. The number of likely N-dealkylation sites (tertiary alicyclic amines) is 1. The SMILES string of the molecule is CN1C[C@H]2CC[C@@H](C1)C2CN=[N+]=[N-]. The molecule has 2 aliphatic rings. The molecule has 0 amide bonds. The lowest BCUT2D eigenvalue weighted by molar-refractivity contribution is 0.138. The number of fused-ring (bicyclic) bond motifs is 2. The highest BCUT2D eigenvalue weighted by atomic mass is 15.1. The third-order valence-electron chi connectivity index (χ3n) is 3.57. The molecule has 2 rings (SSSR count). The zero-order valence-corrected chi connectivity index (χ0v) is 8.06. The zero-order chi connectivity index (χ0) is 9.26. The van der Waals surface area contributed by atoms with E-state index in [-0.39, 0.29) is 0 Å². The smallest absolute Gasteiger partial charge is 0.0292 e. The van der Waals surface area contributed by atoms with Gasteiger partial charge in [-0.25, -0.2) is 0 Å². The number of rotatable bonds is 2. The lowest BCUT2D eigenvalue weighted by Crippen LogP contribution is -2.40. The van der Waals surface area contributed by atoms with E-state index in [0.29, 0.717) is 5.92 Å². The molecule has 2 fully saturated rings. The highest BCUT2D eigenvalue weighted by Gasteiger charge is 2.40. The van der Waals surface area contributed by atoms with E-state index in [1.165, 1.54) is 25.9 Å². The topological polar surface area (TPSA) is 52.0 Å². The van der Waals surface area contributed by atoms with E-state index in [1.54, 1.807) is 0 Å². The Morgan fingerprint density at radius 2 is 2.00 bits per heavy atom. The van der Waals surface area contributed by atoms with Gasteiger partial charge in [-0.05, 0) is 43.2 Å². The van der Waals surface area contributed by atoms with Gasteiger partial charge in [-0.1, -0.05) is 5.11 Å². The van der Waals surface area contributed by atoms with Crippen molar-refractivity contribution >= 4 is 0 Å². The Morgan fingerprint density at radius 1 is 1.38 bits per heavy atom. The van der Waals surface area contributed by atoms with Crippen LogP contribution in [0, 0.1) is 17.8 Å². The Kier molecular flexibility index (Phi) is 2.42. The first-order valence-corrected chi connectivity index (χ1v) is 5.00. The molecule has 4 nitrogen and oxygen atoms in total. The van der Waals surface area contributed by atoms with E-state index < -0.39 is 0 Å². The third-order valence-corrected chi connectivity index (χ3v) is 3.57. The van der Waals surface area contributed by atoms with Crippen molar-refractivity contribution in [3.8, 4) is 0 Å². The minimum atomic E-state index is 0.673. The summed E-state index contributed by atoms with van der Waals surface area (Å²) in [6.07, 6.45) is 2.67. The lowest BCUT2D eigenvalue weighted by atomic mass is 9.85. The van der Waals surface area contributed by atoms with Gasteiger partial charge < -0.3 is 4.90 Å². The Bertz CT molecular complexity index is 220. The molecule has 1 heterocycles. The van der Waals surface area contributed by atoms with Crippen molar-refractivity contribution in [3.05, 3.63) is 10.4 Å². The Hall–Kier alpha value is -0.730. The molecule has 4 heteroatoms. The molecule has 1 unspecified atom stereocenters. The van der Waals surface area contributed by atoms with Crippen molar-refractivity contribution < 1.29 is 0 Å². The molecule has 0 spiro atoms. The summed E-state index contributed by atoms with van der Waals surface area (Å²) in [5.41, 5.74) is 8.29. The van der Waals surface area contributed by atoms with Crippen LogP contribution in [0.1, 0.15) is 12.8 Å². The summed E-state index contributed by atoms with van der Waals surface area (Å²) in [5, 5.41) is 3.72. The summed E-state index contributed by atoms with van der Waals surface area (Å²) < 4.78 is 0. The molecular formula is C9H16N4. The molecule has 0 aromatic rings. The van der Waals surface area contributed by atoms with Crippen molar-refractivity contribution in [2.75, 3.05) is 26.7 Å². The van der Waals surface area contributed by atoms with Crippen LogP contribution in [0.2, 0.25) is 0 Å². The zero-order valence-electron chi connectivity index (χ0n) is 8.06. The predicted octanol–water partition coefficient (Wildman–Crippen LogP) is 1.88. The third kappa shape index (κ3) is 1.64. The molecular weight excluding hydrogens is 164 g/mol. The number of hydrogen-bond acceptors (Lipinski definition) is 2. The van der Waals surface area contributed by atoms with Gasteiger partial charge in [-0.15, -0.1) is 0 Å². The lowest BCUT2D eigenvalue weighted by Gasteiger charge is -2.35. The van der Waals surface area contributed by atoms with Gasteiger partial charge in [-0.2, -0.15) is 0 Å². The van der Waals surface area contributed by atoms with E-state index in [4.69, 9.17) is 5.53 Å². The van der Waals surface area contributed by atoms with Gasteiger partial charge in [-0.3, -0.25) is 0 Å². The van der Waals surface area contributed by atoms with E-state index in [2.05, 4.69) is 22.0 Å². The largest absolute Gasteiger partial charge is 0.306 e. The summed E-state index contributed by atoms with van der Waals surface area (Å²) in [6.45, 7) is 3.11. The first kappa shape index (κ1) is 8.85. The molecule has 1 saturated carbocycles. The summed E-state index contributed by atoms with van der Waals surface area (Å²) in [6, 6.07) is 0. The fraction of sp³-hybridized carbons (Fsp3) is 1.00. The van der Waals surface area contributed by atoms with Crippen LogP contribution in [-0.4, -0.2) is 31.6 Å². The minimum absolute atomic E-state index is 0.673. The van der Waals surface area contributed by atoms with Gasteiger partial charge in [0.1, 0.15) is 0 Å². The van der Waals surface area contributed by atoms with Gasteiger partial charge in [0.25, 0.3) is 0 Å². The maximum atomic E-state index is 8.29. The summed E-state index contributed by atoms with van der Waals surface area (Å²) in [5.74, 6) is 2.25. The first-order valence-electron chi connectivity index (χ1n) is 5.00. The molecule has 0 aromatic carbocycles. The van der Waals surface area contributed by atoms with Crippen molar-refractivity contribution in [1.82, 2.24) is 4.90 Å². The van der Waals surface area contributed by atoms with E-state index in [1.807, 2.05) is 0 Å². The summed E-state index contributed by atoms with van der Waals surface area (Å²) in [4.78, 5) is 5.27. The van der Waals surface area contributed by atoms with Crippen LogP contribution < -0.4 is 0 Å². The van der Waals surface area contributed by atoms with Crippen molar-refractivity contribution in [1.29, 1.82) is 0 Å². The molecule has 2 bridgehead atoms. The molecule has 0 N–H and O–H groups in total. The number of nitrogens with zero attached hydrogens (tertiary/aromatic N) is 4. The first-order chi connectivity index (χ1) is 6.31. The Balaban J connectivity index is 2.01. The molecule has 0 radical (unpaired) electrons. The van der Waals surface area contributed by atoms with Crippen LogP contribution in [0.25, 0.3) is 10.4 Å². The van der Waals surface area contributed by atoms with Crippen molar-refractivity contribution in [3.63, 3.8) is 0 Å². The van der Waals surface area contributed by atoms with Gasteiger partial charge in [0.05, 0.1) is 0 Å². The van der Waals surface area contributed by atoms with Gasteiger partial charge >= 0.3 is 0 Å². The molecule has 1 aliphatic heterocycles. The summed E-state index contributed by atoms with van der Waals surface area (Å²) in [7, 11) is 2.19. The maximum Gasteiger partial charge on any atom is 0.0292 e. The van der Waals surface area contributed by atoms with Crippen molar-refractivity contribution in [2.45, 2.75) is 12.8 Å². The Morgan fingerprint density at radius 3 is 2.54 bits per heavy atom. The van der Waals surface area contributed by atoms with Crippen LogP contribution in [0.3, 0.4) is 0 Å². The van der Waals surface area contributed by atoms with Crippen LogP contribution in [0.15, 0.2) is 5.11 Å². The van der Waals surface area contributed by atoms with Crippen LogP contribution in [-0.2, 0) is 0 Å². The normalized spacial score (nSPS) is 38.7. The average Bonchev–Trinajstić information content (AvgIpc) is 2.33. The number of piperidine rings is 1. The quantitative estimate of drug-likeness (QED) is 0.363. The van der Waals surface area contributed by atoms with Crippen LogP contribution in [0.5, 0.6) is 0 Å². The number of hydrogen-bond donors (Lipinski definition) is 0. The maximum absolute atomic E-state index is 8.29. The van der Waals surface area contributed by atoms with Crippen molar-refractivity contribution in [2.24, 2.45) is 22.9 Å². The van der Waals surface area contributed by atoms with E-state index in [0.717, 1.165) is 18.4 Å². The van der Waals surface area contributed by atoms with Gasteiger partial charge in [0.15, 0.2) is 0 Å². The van der Waals surface area contributed by atoms with Crippen LogP contribution in [0.4, 0.5) is 0 Å². The fourth-order valence-corrected chi connectivity index (χ4v) is 3.00. The van der Waals surface area contributed by atoms with E-state index in [9.17, 15) is 0 Å². The van der Waals surface area contributed by atoms with Crippen LogP contribution >= 0.6 is 0 Å². The average molecular weight is 180 g/mol. The molecule has 13 heavy (non-hydrogen) atoms. The van der Waals surface area contributed by atoms with Gasteiger partial charge in [0.2, 0.25) is 0 Å². The second-order valence-corrected chi connectivity index (χ2v) is 4.40. The Labute approximate surface area is 78.5 Å². The second-order valence-electron chi connectivity index (χ2n) is 4.40. The minimum Gasteiger partial charge on any atom is -0.306 e. The molecule has 1 aliphatic carbocycles. The fourth-order valence-electron chi connectivity index (χ4n) is 3.00. The molecule has 3 atom stereocenters. The highest BCUT2D eigenvalue weighted by Crippen LogP contribution is 2.41. The predicted molar refractivity (Wildman–Crippen MR) is 51.2 cm³/mol. The standard InChI is InChI=1S/C9H16N4/c1-13-5-7-2-3-8(6-13)9(7)4-11-12-10/h7-9H,2-6H2,1H3/t7-,8+,9?. The molecule has 0 aromatic heterocycles. The highest BCUT2D eigenvalue weighted by molar-refractivity contribution is 4.92. The van der Waals surface area contributed by atoms with E-state index >= 15 is 0 Å². The second kappa shape index (κ2) is 3.56. The molecule has 1 saturated heterocycles.